The second-order valence-corrected chi connectivity index (χ2v) is 7.33. The molecule has 5 rings (SSSR count). The number of furan rings is 1. The average molecular weight is 388 g/mol. The molecule has 0 unspecified atom stereocenters. The summed E-state index contributed by atoms with van der Waals surface area (Å²) >= 11 is 0. The van der Waals surface area contributed by atoms with E-state index in [4.69, 9.17) is 9.40 Å². The highest BCUT2D eigenvalue weighted by Gasteiger charge is 2.17. The number of anilines is 1. The summed E-state index contributed by atoms with van der Waals surface area (Å²) in [5.41, 5.74) is 4.12. The molecule has 0 atom stereocenters. The van der Waals surface area contributed by atoms with Crippen LogP contribution in [0.2, 0.25) is 0 Å². The first-order valence-corrected chi connectivity index (χ1v) is 10.2. The normalized spacial score (nSPS) is 15.1. The summed E-state index contributed by atoms with van der Waals surface area (Å²) in [5, 5.41) is 11.3. The zero-order chi connectivity index (χ0) is 19.6. The van der Waals surface area contributed by atoms with Crippen LogP contribution in [0.15, 0.2) is 53.1 Å². The lowest BCUT2D eigenvalue weighted by molar-refractivity contribution is 0.460. The van der Waals surface area contributed by atoms with Gasteiger partial charge in [0.15, 0.2) is 11.4 Å². The number of hydrogen-bond acceptors (Lipinski definition) is 6. The molecule has 1 fully saturated rings. The van der Waals surface area contributed by atoms with Gasteiger partial charge in [-0.1, -0.05) is 18.2 Å². The van der Waals surface area contributed by atoms with Gasteiger partial charge in [-0.25, -0.2) is 9.97 Å². The van der Waals surface area contributed by atoms with Crippen LogP contribution in [0, 0.1) is 0 Å². The second kappa shape index (κ2) is 7.67. The van der Waals surface area contributed by atoms with E-state index < -0.39 is 0 Å². The summed E-state index contributed by atoms with van der Waals surface area (Å²) in [7, 11) is 0. The molecule has 4 heterocycles. The van der Waals surface area contributed by atoms with E-state index in [1.54, 1.807) is 10.8 Å². The zero-order valence-electron chi connectivity index (χ0n) is 16.4. The average Bonchev–Trinajstić information content (AvgIpc) is 3.44. The van der Waals surface area contributed by atoms with Crippen molar-refractivity contribution in [3.8, 4) is 22.8 Å². The van der Waals surface area contributed by atoms with Crippen LogP contribution in [0.25, 0.3) is 28.5 Å². The van der Waals surface area contributed by atoms with Gasteiger partial charge < -0.3 is 15.1 Å². The summed E-state index contributed by atoms with van der Waals surface area (Å²) in [5.74, 6) is 2.48. The Morgan fingerprint density at radius 2 is 2.03 bits per heavy atom. The van der Waals surface area contributed by atoms with Crippen LogP contribution in [0.1, 0.15) is 31.2 Å². The molecule has 1 aliphatic heterocycles. The number of aromatic nitrogens is 4. The molecule has 7 heteroatoms. The summed E-state index contributed by atoms with van der Waals surface area (Å²) in [4.78, 5) is 9.51. The Bertz CT molecular complexity index is 1110. The Balaban J connectivity index is 1.57. The maximum Gasteiger partial charge on any atom is 0.226 e. The van der Waals surface area contributed by atoms with Crippen LogP contribution in [-0.4, -0.2) is 39.2 Å². The molecule has 0 aliphatic carbocycles. The minimum atomic E-state index is 0.552. The Labute approximate surface area is 169 Å². The Kier molecular flexibility index (Phi) is 4.73. The Morgan fingerprint density at radius 1 is 1.14 bits per heavy atom. The van der Waals surface area contributed by atoms with E-state index in [0.29, 0.717) is 23.5 Å². The third-order valence-electron chi connectivity index (χ3n) is 5.39. The van der Waals surface area contributed by atoms with E-state index in [1.165, 1.54) is 18.4 Å². The van der Waals surface area contributed by atoms with Gasteiger partial charge >= 0.3 is 0 Å². The molecule has 0 saturated carbocycles. The van der Waals surface area contributed by atoms with Gasteiger partial charge in [-0.2, -0.15) is 4.52 Å². The van der Waals surface area contributed by atoms with E-state index in [0.717, 1.165) is 36.5 Å². The van der Waals surface area contributed by atoms with E-state index in [-0.39, 0.29) is 0 Å². The zero-order valence-corrected chi connectivity index (χ0v) is 16.4. The molecule has 0 radical (unpaired) electrons. The Morgan fingerprint density at radius 3 is 2.83 bits per heavy atom. The lowest BCUT2D eigenvalue weighted by atomic mass is 9.89. The number of hydrogen-bond donors (Lipinski definition) is 2. The van der Waals surface area contributed by atoms with Gasteiger partial charge in [-0.15, -0.1) is 5.10 Å². The van der Waals surface area contributed by atoms with Crippen LogP contribution in [0.3, 0.4) is 0 Å². The van der Waals surface area contributed by atoms with Crippen molar-refractivity contribution in [3.05, 3.63) is 54.3 Å². The third-order valence-corrected chi connectivity index (χ3v) is 5.39. The summed E-state index contributed by atoms with van der Waals surface area (Å²) in [6, 6.07) is 14.4. The van der Waals surface area contributed by atoms with Crippen molar-refractivity contribution < 1.29 is 4.42 Å². The molecule has 148 valence electrons. The molecule has 1 saturated heterocycles. The first kappa shape index (κ1) is 17.9. The minimum Gasteiger partial charge on any atom is -0.461 e. The van der Waals surface area contributed by atoms with E-state index in [2.05, 4.69) is 45.0 Å². The molecule has 0 spiro atoms. The Hall–Kier alpha value is -3.19. The van der Waals surface area contributed by atoms with E-state index in [1.807, 2.05) is 25.1 Å². The smallest absolute Gasteiger partial charge is 0.226 e. The highest BCUT2D eigenvalue weighted by Crippen LogP contribution is 2.30. The first-order valence-electron chi connectivity index (χ1n) is 10.2. The van der Waals surface area contributed by atoms with Crippen LogP contribution < -0.4 is 10.6 Å². The maximum atomic E-state index is 5.46. The van der Waals surface area contributed by atoms with Crippen molar-refractivity contribution in [1.29, 1.82) is 0 Å². The predicted molar refractivity (Wildman–Crippen MR) is 113 cm³/mol. The molecule has 0 bridgehead atoms. The fourth-order valence-electron chi connectivity index (χ4n) is 3.93. The van der Waals surface area contributed by atoms with Gasteiger partial charge in [-0.05, 0) is 62.5 Å². The van der Waals surface area contributed by atoms with E-state index in [9.17, 15) is 0 Å². The SMILES string of the molecule is CCNc1nc(-c2cccc(C3CCNCC3)c2)cc2nc(-c3ccco3)nn12. The molecular formula is C22H24N6O. The topological polar surface area (TPSA) is 80.3 Å². The standard InChI is InChI=1S/C22H24N6O/c1-2-24-22-25-18(14-20-26-21(27-28(20)22)19-7-4-12-29-19)17-6-3-5-16(13-17)15-8-10-23-11-9-15/h3-7,12-15,23H,2,8-11H2,1H3,(H,24,25). The van der Waals surface area contributed by atoms with Crippen molar-refractivity contribution >= 4 is 11.6 Å². The highest BCUT2D eigenvalue weighted by atomic mass is 16.3. The van der Waals surface area contributed by atoms with Gasteiger partial charge in [0.1, 0.15) is 0 Å². The molecule has 1 aromatic carbocycles. The molecule has 7 nitrogen and oxygen atoms in total. The summed E-state index contributed by atoms with van der Waals surface area (Å²) in [6.07, 6.45) is 3.98. The van der Waals surface area contributed by atoms with E-state index >= 15 is 0 Å². The fraction of sp³-hybridized carbons (Fsp3) is 0.318. The second-order valence-electron chi connectivity index (χ2n) is 7.33. The highest BCUT2D eigenvalue weighted by molar-refractivity contribution is 5.67. The van der Waals surface area contributed by atoms with Crippen molar-refractivity contribution in [2.45, 2.75) is 25.7 Å². The van der Waals surface area contributed by atoms with Gasteiger partial charge in [0, 0.05) is 18.2 Å². The lowest BCUT2D eigenvalue weighted by Crippen LogP contribution is -2.26. The number of piperidine rings is 1. The molecule has 29 heavy (non-hydrogen) atoms. The summed E-state index contributed by atoms with van der Waals surface area (Å²) < 4.78 is 7.20. The fourth-order valence-corrected chi connectivity index (χ4v) is 3.93. The van der Waals surface area contributed by atoms with Crippen molar-refractivity contribution in [1.82, 2.24) is 24.9 Å². The van der Waals surface area contributed by atoms with Crippen molar-refractivity contribution in [2.24, 2.45) is 0 Å². The number of fused-ring (bicyclic) bond motifs is 1. The van der Waals surface area contributed by atoms with Crippen molar-refractivity contribution in [3.63, 3.8) is 0 Å². The van der Waals surface area contributed by atoms with Gasteiger partial charge in [0.05, 0.1) is 12.0 Å². The largest absolute Gasteiger partial charge is 0.461 e. The first-order chi connectivity index (χ1) is 14.3. The number of rotatable bonds is 5. The summed E-state index contributed by atoms with van der Waals surface area (Å²) in [6.45, 7) is 4.96. The molecule has 4 aromatic rings. The van der Waals surface area contributed by atoms with Gasteiger partial charge in [0.25, 0.3) is 0 Å². The predicted octanol–water partition coefficient (Wildman–Crippen LogP) is 3.95. The quantitative estimate of drug-likeness (QED) is 0.539. The lowest BCUT2D eigenvalue weighted by Gasteiger charge is -2.23. The van der Waals surface area contributed by atoms with Gasteiger partial charge in [-0.3, -0.25) is 0 Å². The molecule has 1 aliphatic rings. The monoisotopic (exact) mass is 388 g/mol. The number of nitrogens with zero attached hydrogens (tertiary/aromatic N) is 4. The molecule has 0 amide bonds. The molecule has 2 N–H and O–H groups in total. The van der Waals surface area contributed by atoms with Crippen LogP contribution >= 0.6 is 0 Å². The van der Waals surface area contributed by atoms with Crippen molar-refractivity contribution in [2.75, 3.05) is 25.0 Å². The van der Waals surface area contributed by atoms with Crippen LogP contribution in [-0.2, 0) is 0 Å². The number of nitrogens with one attached hydrogen (secondary N) is 2. The maximum absolute atomic E-state index is 5.46. The van der Waals surface area contributed by atoms with Crippen LogP contribution in [0.4, 0.5) is 5.95 Å². The third kappa shape index (κ3) is 3.49. The van der Waals surface area contributed by atoms with Gasteiger partial charge in [0.2, 0.25) is 11.8 Å². The molecule has 3 aromatic heterocycles. The molecular weight excluding hydrogens is 364 g/mol. The van der Waals surface area contributed by atoms with Crippen LogP contribution in [0.5, 0.6) is 0 Å². The number of benzene rings is 1. The minimum absolute atomic E-state index is 0.552.